The molecule has 108 valence electrons. The zero-order chi connectivity index (χ0) is 15.0. The highest BCUT2D eigenvalue weighted by molar-refractivity contribution is 6.36. The molecule has 19 heavy (non-hydrogen) atoms. The first-order chi connectivity index (χ1) is 8.61. The molecule has 0 aliphatic carbocycles. The molecule has 2 unspecified atom stereocenters. The molecule has 0 radical (unpaired) electrons. The highest BCUT2D eigenvalue weighted by Crippen LogP contribution is 2.40. The van der Waals surface area contributed by atoms with Gasteiger partial charge >= 0.3 is 12.1 Å². The number of aromatic nitrogens is 2. The Morgan fingerprint density at radius 2 is 1.95 bits per heavy atom. The van der Waals surface area contributed by atoms with Crippen LogP contribution in [0.2, 0.25) is 0 Å². The van der Waals surface area contributed by atoms with E-state index in [2.05, 4.69) is 9.84 Å². The third-order valence-corrected chi connectivity index (χ3v) is 3.64. The van der Waals surface area contributed by atoms with Crippen LogP contribution in [-0.2, 0) is 22.8 Å². The number of hydrogen-bond donors (Lipinski definition) is 0. The lowest BCUT2D eigenvalue weighted by atomic mass is 10.1. The molecule has 1 aromatic rings. The number of rotatable bonds is 3. The van der Waals surface area contributed by atoms with E-state index in [0.717, 1.165) is 11.8 Å². The van der Waals surface area contributed by atoms with Gasteiger partial charge in [-0.05, 0) is 6.92 Å². The van der Waals surface area contributed by atoms with Gasteiger partial charge in [0.2, 0.25) is 0 Å². The molecule has 0 spiro atoms. The van der Waals surface area contributed by atoms with Crippen molar-refractivity contribution in [3.05, 3.63) is 17.0 Å². The number of nitrogens with zero attached hydrogens (tertiary/aromatic N) is 2. The lowest BCUT2D eigenvalue weighted by Crippen LogP contribution is -2.23. The Labute approximate surface area is 117 Å². The number of methoxy groups -OCH3 is 1. The van der Waals surface area contributed by atoms with E-state index in [1.54, 1.807) is 0 Å². The molecule has 9 heteroatoms. The van der Waals surface area contributed by atoms with Gasteiger partial charge in [0.1, 0.15) is 0 Å². The Morgan fingerprint density at radius 3 is 2.37 bits per heavy atom. The lowest BCUT2D eigenvalue weighted by molar-refractivity contribution is -0.143. The Morgan fingerprint density at radius 1 is 1.42 bits per heavy atom. The molecule has 0 N–H and O–H groups in total. The minimum absolute atomic E-state index is 0.182. The number of carbonyl (C=O) groups excluding carboxylic acids is 1. The third-order valence-electron chi connectivity index (χ3n) is 2.61. The van der Waals surface area contributed by atoms with Crippen molar-refractivity contribution in [1.82, 2.24) is 9.78 Å². The molecule has 4 nitrogen and oxygen atoms in total. The van der Waals surface area contributed by atoms with Crippen molar-refractivity contribution in [2.75, 3.05) is 7.11 Å². The van der Waals surface area contributed by atoms with Crippen LogP contribution in [0.4, 0.5) is 13.2 Å². The standard InChI is InChI=1S/C10H11Cl2F3N2O2/c1-4-5(6(11)7(12)9(18)19-3)8(10(13,14)15)16-17(4)2/h6-7H,1-3H3. The maximum atomic E-state index is 12.9. The van der Waals surface area contributed by atoms with Crippen molar-refractivity contribution in [2.24, 2.45) is 7.05 Å². The normalized spacial score (nSPS) is 15.2. The van der Waals surface area contributed by atoms with Gasteiger partial charge in [-0.3, -0.25) is 9.48 Å². The van der Waals surface area contributed by atoms with Gasteiger partial charge < -0.3 is 4.74 Å². The molecule has 1 aromatic heterocycles. The van der Waals surface area contributed by atoms with Crippen molar-refractivity contribution in [2.45, 2.75) is 23.9 Å². The minimum Gasteiger partial charge on any atom is -0.468 e. The number of hydrogen-bond acceptors (Lipinski definition) is 3. The van der Waals surface area contributed by atoms with Crippen LogP contribution >= 0.6 is 23.2 Å². The number of esters is 1. The fourth-order valence-corrected chi connectivity index (χ4v) is 2.12. The van der Waals surface area contributed by atoms with Crippen molar-refractivity contribution in [3.8, 4) is 0 Å². The van der Waals surface area contributed by atoms with E-state index in [1.807, 2.05) is 0 Å². The zero-order valence-corrected chi connectivity index (χ0v) is 11.8. The quantitative estimate of drug-likeness (QED) is 0.636. The zero-order valence-electron chi connectivity index (χ0n) is 10.3. The van der Waals surface area contributed by atoms with Crippen molar-refractivity contribution in [3.63, 3.8) is 0 Å². The first-order valence-corrected chi connectivity index (χ1v) is 5.95. The Kier molecular flexibility index (Phi) is 4.73. The molecule has 0 aliphatic heterocycles. The summed E-state index contributed by atoms with van der Waals surface area (Å²) in [6.45, 7) is 1.41. The summed E-state index contributed by atoms with van der Waals surface area (Å²) < 4.78 is 44.0. The van der Waals surface area contributed by atoms with E-state index >= 15 is 0 Å². The van der Waals surface area contributed by atoms with E-state index < -0.39 is 28.6 Å². The van der Waals surface area contributed by atoms with Crippen LogP contribution in [0.5, 0.6) is 0 Å². The van der Waals surface area contributed by atoms with Gasteiger partial charge in [-0.25, -0.2) is 0 Å². The minimum atomic E-state index is -4.68. The number of halogens is 5. The van der Waals surface area contributed by atoms with Gasteiger partial charge in [0.05, 0.1) is 12.5 Å². The van der Waals surface area contributed by atoms with Gasteiger partial charge in [0.15, 0.2) is 11.1 Å². The molecule has 1 heterocycles. The largest absolute Gasteiger partial charge is 0.468 e. The summed E-state index contributed by atoms with van der Waals surface area (Å²) in [7, 11) is 2.42. The smallest absolute Gasteiger partial charge is 0.435 e. The summed E-state index contributed by atoms with van der Waals surface area (Å²) in [5.74, 6) is -0.905. The summed E-state index contributed by atoms with van der Waals surface area (Å²) in [5.41, 5.74) is -1.29. The second-order valence-corrected chi connectivity index (χ2v) is 4.74. The summed E-state index contributed by atoms with van der Waals surface area (Å²) in [6, 6.07) is 0. The predicted octanol–water partition coefficient (Wildman–Crippen LogP) is 2.81. The highest BCUT2D eigenvalue weighted by Gasteiger charge is 2.42. The Hall–Kier alpha value is -0.950. The molecule has 0 saturated heterocycles. The number of aryl methyl sites for hydroxylation is 1. The number of ether oxygens (including phenoxy) is 1. The molecule has 0 bridgehead atoms. The molecule has 0 saturated carbocycles. The van der Waals surface area contributed by atoms with Crippen molar-refractivity contribution < 1.29 is 22.7 Å². The Bertz CT molecular complexity index is 488. The second-order valence-electron chi connectivity index (χ2n) is 3.80. The fourth-order valence-electron chi connectivity index (χ4n) is 1.54. The van der Waals surface area contributed by atoms with Crippen molar-refractivity contribution in [1.29, 1.82) is 0 Å². The average Bonchev–Trinajstić information content (AvgIpc) is 2.63. The Balaban J connectivity index is 3.30. The highest BCUT2D eigenvalue weighted by atomic mass is 35.5. The summed E-state index contributed by atoms with van der Waals surface area (Å²) in [6.07, 6.45) is -4.68. The molecule has 0 aromatic carbocycles. The van der Waals surface area contributed by atoms with E-state index in [9.17, 15) is 18.0 Å². The monoisotopic (exact) mass is 318 g/mol. The van der Waals surface area contributed by atoms with E-state index in [0.29, 0.717) is 0 Å². The van der Waals surface area contributed by atoms with E-state index in [4.69, 9.17) is 23.2 Å². The fraction of sp³-hybridized carbons (Fsp3) is 0.600. The maximum Gasteiger partial charge on any atom is 0.435 e. The predicted molar refractivity (Wildman–Crippen MR) is 63.2 cm³/mol. The maximum absolute atomic E-state index is 12.9. The second kappa shape index (κ2) is 5.58. The first kappa shape index (κ1) is 16.1. The summed E-state index contributed by atoms with van der Waals surface area (Å²) >= 11 is 11.6. The van der Waals surface area contributed by atoms with Crippen LogP contribution in [0.1, 0.15) is 22.3 Å². The average molecular weight is 319 g/mol. The van der Waals surface area contributed by atoms with Crippen molar-refractivity contribution >= 4 is 29.2 Å². The molecule has 0 amide bonds. The van der Waals surface area contributed by atoms with Crippen LogP contribution in [0.15, 0.2) is 0 Å². The molecule has 1 rings (SSSR count). The lowest BCUT2D eigenvalue weighted by Gasteiger charge is -2.16. The van der Waals surface area contributed by atoms with Gasteiger partial charge in [0.25, 0.3) is 0 Å². The van der Waals surface area contributed by atoms with Crippen LogP contribution in [-0.4, -0.2) is 28.2 Å². The molecule has 2 atom stereocenters. The van der Waals surface area contributed by atoms with E-state index in [-0.39, 0.29) is 11.3 Å². The summed E-state index contributed by atoms with van der Waals surface area (Å²) in [5, 5.41) is 0.543. The number of alkyl halides is 5. The van der Waals surface area contributed by atoms with E-state index in [1.165, 1.54) is 14.0 Å². The molecule has 0 fully saturated rings. The van der Waals surface area contributed by atoms with Crippen LogP contribution < -0.4 is 0 Å². The van der Waals surface area contributed by atoms with Gasteiger partial charge in [-0.2, -0.15) is 18.3 Å². The van der Waals surface area contributed by atoms with Crippen LogP contribution in [0, 0.1) is 6.92 Å². The molecule has 0 aliphatic rings. The molecular formula is C10H11Cl2F3N2O2. The summed E-state index contributed by atoms with van der Waals surface area (Å²) in [4.78, 5) is 11.3. The van der Waals surface area contributed by atoms with Gasteiger partial charge in [-0.15, -0.1) is 23.2 Å². The van der Waals surface area contributed by atoms with Gasteiger partial charge in [-0.1, -0.05) is 0 Å². The third kappa shape index (κ3) is 3.14. The van der Waals surface area contributed by atoms with Crippen LogP contribution in [0.25, 0.3) is 0 Å². The molecular weight excluding hydrogens is 308 g/mol. The van der Waals surface area contributed by atoms with Gasteiger partial charge in [0, 0.05) is 18.3 Å². The first-order valence-electron chi connectivity index (χ1n) is 5.07. The van der Waals surface area contributed by atoms with Crippen LogP contribution in [0.3, 0.4) is 0 Å². The SMILES string of the molecule is COC(=O)C(Cl)C(Cl)c1c(C(F)(F)F)nn(C)c1C. The number of carbonyl (C=O) groups is 1. The topological polar surface area (TPSA) is 44.1 Å².